The molecule has 0 amide bonds. The summed E-state index contributed by atoms with van der Waals surface area (Å²) in [4.78, 5) is 0. The molecule has 0 aromatic heterocycles. The predicted octanol–water partition coefficient (Wildman–Crippen LogP) is 2.48. The van der Waals surface area contributed by atoms with Crippen molar-refractivity contribution in [3.05, 3.63) is 35.4 Å². The third kappa shape index (κ3) is 2.37. The molecule has 1 aromatic rings. The minimum Gasteiger partial charge on any atom is -0.374 e. The lowest BCUT2D eigenvalue weighted by Crippen LogP contribution is -2.18. The molecule has 0 heterocycles. The lowest BCUT2D eigenvalue weighted by Gasteiger charge is -2.16. The number of hydrogen-bond acceptors (Lipinski definition) is 1. The summed E-state index contributed by atoms with van der Waals surface area (Å²) in [5, 5.41) is 9.98. The van der Waals surface area contributed by atoms with E-state index in [0.29, 0.717) is 0 Å². The molecule has 14 heavy (non-hydrogen) atoms. The van der Waals surface area contributed by atoms with Gasteiger partial charge in [0, 0.05) is 0 Å². The Balaban J connectivity index is 3.00. The van der Waals surface area contributed by atoms with Crippen molar-refractivity contribution in [3.63, 3.8) is 0 Å². The summed E-state index contributed by atoms with van der Waals surface area (Å²) >= 11 is 0. The molecule has 1 rings (SSSR count). The van der Waals surface area contributed by atoms with Gasteiger partial charge in [-0.1, -0.05) is 37.1 Å². The maximum atomic E-state index is 9.98. The van der Waals surface area contributed by atoms with E-state index < -0.39 is 5.60 Å². The molecule has 1 atom stereocenters. The average Bonchev–Trinajstić information content (AvgIpc) is 2.18. The van der Waals surface area contributed by atoms with Gasteiger partial charge in [-0.2, -0.15) is 0 Å². The van der Waals surface area contributed by atoms with Gasteiger partial charge < -0.3 is 5.11 Å². The maximum Gasteiger partial charge on any atom is 0.148 e. The molecular weight excluding hydrogens is 172 g/mol. The molecule has 1 N–H and O–H groups in total. The van der Waals surface area contributed by atoms with E-state index >= 15 is 0 Å². The zero-order valence-corrected chi connectivity index (χ0v) is 8.96. The first-order valence-corrected chi connectivity index (χ1v) is 4.86. The minimum absolute atomic E-state index is 0.851. The molecular formula is C13H16O. The van der Waals surface area contributed by atoms with Crippen molar-refractivity contribution in [2.75, 3.05) is 0 Å². The van der Waals surface area contributed by atoms with Crippen LogP contribution in [0.4, 0.5) is 0 Å². The molecule has 0 saturated carbocycles. The number of aliphatic hydroxyl groups is 1. The van der Waals surface area contributed by atoms with Crippen molar-refractivity contribution in [1.82, 2.24) is 0 Å². The number of rotatable bonds is 2. The first-order valence-electron chi connectivity index (χ1n) is 4.86. The van der Waals surface area contributed by atoms with E-state index in [1.54, 1.807) is 13.8 Å². The van der Waals surface area contributed by atoms with E-state index in [9.17, 15) is 5.11 Å². The molecule has 1 aromatic carbocycles. The first-order chi connectivity index (χ1) is 6.60. The van der Waals surface area contributed by atoms with Crippen LogP contribution in [0, 0.1) is 11.8 Å². The molecule has 74 valence electrons. The Hall–Kier alpha value is -1.26. The van der Waals surface area contributed by atoms with E-state index in [4.69, 9.17) is 0 Å². The van der Waals surface area contributed by atoms with E-state index in [-0.39, 0.29) is 0 Å². The summed E-state index contributed by atoms with van der Waals surface area (Å²) in [5.74, 6) is 5.52. The van der Waals surface area contributed by atoms with Gasteiger partial charge >= 0.3 is 0 Å². The van der Waals surface area contributed by atoms with Crippen molar-refractivity contribution in [2.45, 2.75) is 32.8 Å². The third-order valence-corrected chi connectivity index (χ3v) is 2.29. The summed E-state index contributed by atoms with van der Waals surface area (Å²) < 4.78 is 0. The highest BCUT2D eigenvalue weighted by atomic mass is 16.3. The number of hydrogen-bond donors (Lipinski definition) is 1. The van der Waals surface area contributed by atoms with Gasteiger partial charge in [0.05, 0.1) is 0 Å². The van der Waals surface area contributed by atoms with E-state index in [0.717, 1.165) is 12.0 Å². The maximum absolute atomic E-state index is 9.98. The Morgan fingerprint density at radius 3 is 2.29 bits per heavy atom. The topological polar surface area (TPSA) is 20.2 Å². The van der Waals surface area contributed by atoms with Crippen LogP contribution in [-0.4, -0.2) is 5.11 Å². The number of aryl methyl sites for hydroxylation is 1. The molecule has 0 aliphatic carbocycles. The van der Waals surface area contributed by atoms with Crippen LogP contribution < -0.4 is 0 Å². The van der Waals surface area contributed by atoms with Crippen LogP contribution in [0.1, 0.15) is 31.9 Å². The molecule has 0 bridgehead atoms. The highest BCUT2D eigenvalue weighted by Crippen LogP contribution is 2.19. The highest BCUT2D eigenvalue weighted by molar-refractivity contribution is 5.32. The van der Waals surface area contributed by atoms with Crippen LogP contribution in [0.5, 0.6) is 0 Å². The van der Waals surface area contributed by atoms with Crippen molar-refractivity contribution in [2.24, 2.45) is 0 Å². The molecule has 0 spiro atoms. The molecule has 1 unspecified atom stereocenters. The lowest BCUT2D eigenvalue weighted by molar-refractivity contribution is 0.122. The predicted molar refractivity (Wildman–Crippen MR) is 58.8 cm³/mol. The highest BCUT2D eigenvalue weighted by Gasteiger charge is 2.18. The Morgan fingerprint density at radius 1 is 1.29 bits per heavy atom. The van der Waals surface area contributed by atoms with Crippen LogP contribution in [0.25, 0.3) is 0 Å². The second-order valence-electron chi connectivity index (χ2n) is 3.50. The molecule has 0 saturated heterocycles. The zero-order chi connectivity index (χ0) is 10.6. The largest absolute Gasteiger partial charge is 0.374 e. The third-order valence-electron chi connectivity index (χ3n) is 2.29. The van der Waals surface area contributed by atoms with Crippen molar-refractivity contribution in [3.8, 4) is 11.8 Å². The first kappa shape index (κ1) is 10.8. The zero-order valence-electron chi connectivity index (χ0n) is 8.96. The Bertz CT molecular complexity index is 349. The van der Waals surface area contributed by atoms with Gasteiger partial charge in [0.15, 0.2) is 0 Å². The van der Waals surface area contributed by atoms with Crippen molar-refractivity contribution >= 4 is 0 Å². The van der Waals surface area contributed by atoms with Gasteiger partial charge in [-0.15, -0.1) is 5.92 Å². The quantitative estimate of drug-likeness (QED) is 0.707. The second kappa shape index (κ2) is 4.30. The molecule has 1 heteroatoms. The van der Waals surface area contributed by atoms with Crippen LogP contribution >= 0.6 is 0 Å². The molecule has 0 radical (unpaired) electrons. The smallest absolute Gasteiger partial charge is 0.148 e. The fourth-order valence-electron chi connectivity index (χ4n) is 1.38. The SMILES string of the molecule is CC#CC(C)(O)c1ccc(CC)cc1. The van der Waals surface area contributed by atoms with Gasteiger partial charge in [0.1, 0.15) is 5.60 Å². The Labute approximate surface area is 85.8 Å². The molecule has 0 aliphatic heterocycles. The lowest BCUT2D eigenvalue weighted by atomic mass is 9.95. The molecule has 1 nitrogen and oxygen atoms in total. The van der Waals surface area contributed by atoms with Crippen LogP contribution in [0.15, 0.2) is 24.3 Å². The van der Waals surface area contributed by atoms with Crippen LogP contribution in [0.3, 0.4) is 0 Å². The van der Waals surface area contributed by atoms with Crippen LogP contribution in [0.2, 0.25) is 0 Å². The monoisotopic (exact) mass is 188 g/mol. The summed E-state index contributed by atoms with van der Waals surface area (Å²) in [6.07, 6.45) is 1.02. The van der Waals surface area contributed by atoms with Crippen molar-refractivity contribution < 1.29 is 5.11 Å². The van der Waals surface area contributed by atoms with Gasteiger partial charge in [-0.25, -0.2) is 0 Å². The number of benzene rings is 1. The van der Waals surface area contributed by atoms with E-state index in [1.165, 1.54) is 5.56 Å². The average molecular weight is 188 g/mol. The van der Waals surface area contributed by atoms with Gasteiger partial charge in [-0.3, -0.25) is 0 Å². The van der Waals surface area contributed by atoms with E-state index in [1.807, 2.05) is 24.3 Å². The molecule has 0 fully saturated rings. The fourth-order valence-corrected chi connectivity index (χ4v) is 1.38. The standard InChI is InChI=1S/C13H16O/c1-4-10-13(3,14)12-8-6-11(5-2)7-9-12/h6-9,14H,5H2,1-3H3. The van der Waals surface area contributed by atoms with E-state index in [2.05, 4.69) is 18.8 Å². The van der Waals surface area contributed by atoms with Gasteiger partial charge in [-0.05, 0) is 31.4 Å². The summed E-state index contributed by atoms with van der Waals surface area (Å²) in [7, 11) is 0. The molecule has 0 aliphatic rings. The van der Waals surface area contributed by atoms with Crippen LogP contribution in [-0.2, 0) is 12.0 Å². The normalized spacial score (nSPS) is 14.0. The fraction of sp³-hybridized carbons (Fsp3) is 0.385. The summed E-state index contributed by atoms with van der Waals surface area (Å²) in [6.45, 7) is 5.55. The Morgan fingerprint density at radius 2 is 1.86 bits per heavy atom. The Kier molecular flexibility index (Phi) is 3.33. The summed E-state index contributed by atoms with van der Waals surface area (Å²) in [5.41, 5.74) is 1.10. The van der Waals surface area contributed by atoms with Gasteiger partial charge in [0.2, 0.25) is 0 Å². The minimum atomic E-state index is -1.03. The van der Waals surface area contributed by atoms with Gasteiger partial charge in [0.25, 0.3) is 0 Å². The second-order valence-corrected chi connectivity index (χ2v) is 3.50. The van der Waals surface area contributed by atoms with Crippen molar-refractivity contribution in [1.29, 1.82) is 0 Å². The summed E-state index contributed by atoms with van der Waals surface area (Å²) in [6, 6.07) is 7.93.